The Kier molecular flexibility index (Phi) is 5.61. The highest BCUT2D eigenvalue weighted by Gasteiger charge is 2.12. The van der Waals surface area contributed by atoms with E-state index in [1.165, 1.54) is 19.8 Å². The van der Waals surface area contributed by atoms with Gasteiger partial charge in [-0.2, -0.15) is 0 Å². The Morgan fingerprint density at radius 2 is 1.95 bits per heavy atom. The van der Waals surface area contributed by atoms with E-state index in [1.807, 2.05) is 18.4 Å². The van der Waals surface area contributed by atoms with Gasteiger partial charge in [-0.1, -0.05) is 24.3 Å². The summed E-state index contributed by atoms with van der Waals surface area (Å²) in [7, 11) is 2.04. The predicted octanol–water partition coefficient (Wildman–Crippen LogP) is 4.44. The number of aryl methyl sites for hydroxylation is 1. The maximum Gasteiger partial charge on any atom is 0.0701 e. The fraction of sp³-hybridized carbons (Fsp3) is 0.375. The molecule has 0 saturated heterocycles. The van der Waals surface area contributed by atoms with Crippen LogP contribution in [-0.4, -0.2) is 13.6 Å². The molecular weight excluding hydrogens is 318 g/mol. The Morgan fingerprint density at radius 3 is 2.58 bits per heavy atom. The fourth-order valence-electron chi connectivity index (χ4n) is 2.40. The van der Waals surface area contributed by atoms with Crippen molar-refractivity contribution in [2.75, 3.05) is 13.6 Å². The molecule has 19 heavy (non-hydrogen) atoms. The molecule has 102 valence electrons. The molecule has 0 aliphatic carbocycles. The Morgan fingerprint density at radius 1 is 1.16 bits per heavy atom. The van der Waals surface area contributed by atoms with Crippen LogP contribution >= 0.6 is 27.3 Å². The molecule has 0 aliphatic heterocycles. The predicted molar refractivity (Wildman–Crippen MR) is 88.0 cm³/mol. The van der Waals surface area contributed by atoms with E-state index in [1.54, 1.807) is 0 Å². The molecule has 3 heteroatoms. The van der Waals surface area contributed by atoms with E-state index in [0.29, 0.717) is 5.92 Å². The Bertz CT molecular complexity index is 521. The van der Waals surface area contributed by atoms with Gasteiger partial charge in [-0.3, -0.25) is 0 Å². The van der Waals surface area contributed by atoms with Crippen LogP contribution in [0.15, 0.2) is 40.2 Å². The average molecular weight is 338 g/mol. The van der Waals surface area contributed by atoms with Crippen LogP contribution in [0, 0.1) is 12.8 Å². The van der Waals surface area contributed by atoms with Crippen molar-refractivity contribution in [2.45, 2.75) is 19.8 Å². The van der Waals surface area contributed by atoms with Crippen LogP contribution < -0.4 is 5.32 Å². The van der Waals surface area contributed by atoms with Crippen LogP contribution in [0.2, 0.25) is 0 Å². The second-order valence-electron chi connectivity index (χ2n) is 4.96. The van der Waals surface area contributed by atoms with Gasteiger partial charge in [-0.05, 0) is 78.5 Å². The summed E-state index contributed by atoms with van der Waals surface area (Å²) in [5.41, 5.74) is 2.87. The summed E-state index contributed by atoms with van der Waals surface area (Å²) in [5, 5.41) is 3.33. The van der Waals surface area contributed by atoms with Gasteiger partial charge in [0.05, 0.1) is 3.79 Å². The van der Waals surface area contributed by atoms with Crippen molar-refractivity contribution in [3.8, 4) is 0 Å². The van der Waals surface area contributed by atoms with E-state index >= 15 is 0 Å². The Balaban J connectivity index is 2.06. The minimum atomic E-state index is 0.650. The number of nitrogens with one attached hydrogen (secondary N) is 1. The summed E-state index contributed by atoms with van der Waals surface area (Å²) in [5.74, 6) is 0.650. The molecule has 1 nitrogen and oxygen atoms in total. The van der Waals surface area contributed by atoms with Crippen LogP contribution in [0.5, 0.6) is 0 Å². The summed E-state index contributed by atoms with van der Waals surface area (Å²) in [6.45, 7) is 3.26. The van der Waals surface area contributed by atoms with E-state index in [-0.39, 0.29) is 0 Å². The quantitative estimate of drug-likeness (QED) is 0.821. The van der Waals surface area contributed by atoms with Crippen LogP contribution in [-0.2, 0) is 12.8 Å². The molecule has 0 radical (unpaired) electrons. The van der Waals surface area contributed by atoms with Crippen molar-refractivity contribution in [3.63, 3.8) is 0 Å². The summed E-state index contributed by atoms with van der Waals surface area (Å²) in [6.07, 6.45) is 2.29. The number of thiophene rings is 1. The van der Waals surface area contributed by atoms with E-state index in [9.17, 15) is 0 Å². The minimum absolute atomic E-state index is 0.650. The molecule has 0 bridgehead atoms. The molecule has 1 unspecified atom stereocenters. The lowest BCUT2D eigenvalue weighted by Crippen LogP contribution is -2.22. The molecule has 1 aromatic carbocycles. The number of benzene rings is 1. The Hall–Kier alpha value is -0.640. The fourth-order valence-corrected chi connectivity index (χ4v) is 4.00. The zero-order valence-electron chi connectivity index (χ0n) is 11.4. The SMILES string of the molecule is CNCC(Cc1ccc(Br)s1)Cc1ccccc1C. The number of rotatable bonds is 6. The van der Waals surface area contributed by atoms with Crippen molar-refractivity contribution >= 4 is 27.3 Å². The molecule has 2 rings (SSSR count). The molecule has 0 aliphatic rings. The van der Waals surface area contributed by atoms with Gasteiger partial charge in [-0.25, -0.2) is 0 Å². The van der Waals surface area contributed by atoms with E-state index in [4.69, 9.17) is 0 Å². The zero-order chi connectivity index (χ0) is 13.7. The van der Waals surface area contributed by atoms with Gasteiger partial charge in [0.1, 0.15) is 0 Å². The summed E-state index contributed by atoms with van der Waals surface area (Å²) >= 11 is 5.39. The van der Waals surface area contributed by atoms with Gasteiger partial charge in [0.15, 0.2) is 0 Å². The zero-order valence-corrected chi connectivity index (χ0v) is 13.9. The van der Waals surface area contributed by atoms with E-state index < -0.39 is 0 Å². The lowest BCUT2D eigenvalue weighted by Gasteiger charge is -2.17. The molecule has 0 fully saturated rings. The highest BCUT2D eigenvalue weighted by Crippen LogP contribution is 2.25. The molecule has 0 spiro atoms. The van der Waals surface area contributed by atoms with Crippen molar-refractivity contribution in [1.82, 2.24) is 5.32 Å². The Labute approximate surface area is 128 Å². The van der Waals surface area contributed by atoms with Crippen LogP contribution in [0.25, 0.3) is 0 Å². The van der Waals surface area contributed by atoms with E-state index in [0.717, 1.165) is 19.4 Å². The molecule has 0 saturated carbocycles. The second kappa shape index (κ2) is 7.22. The number of halogens is 1. The first-order valence-corrected chi connectivity index (χ1v) is 8.23. The number of hydrogen-bond donors (Lipinski definition) is 1. The summed E-state index contributed by atoms with van der Waals surface area (Å²) in [4.78, 5) is 1.46. The summed E-state index contributed by atoms with van der Waals surface area (Å²) in [6, 6.07) is 13.1. The monoisotopic (exact) mass is 337 g/mol. The second-order valence-corrected chi connectivity index (χ2v) is 7.51. The maximum absolute atomic E-state index is 3.54. The van der Waals surface area contributed by atoms with E-state index in [2.05, 4.69) is 64.6 Å². The third kappa shape index (κ3) is 4.44. The topological polar surface area (TPSA) is 12.0 Å². The first kappa shape index (κ1) is 14.8. The largest absolute Gasteiger partial charge is 0.319 e. The van der Waals surface area contributed by atoms with Gasteiger partial charge in [0.2, 0.25) is 0 Å². The normalized spacial score (nSPS) is 12.6. The third-order valence-corrected chi connectivity index (χ3v) is 5.03. The van der Waals surface area contributed by atoms with Crippen LogP contribution in [0.4, 0.5) is 0 Å². The molecule has 1 heterocycles. The molecule has 1 aromatic heterocycles. The highest BCUT2D eigenvalue weighted by molar-refractivity contribution is 9.11. The van der Waals surface area contributed by atoms with Crippen molar-refractivity contribution < 1.29 is 0 Å². The first-order chi connectivity index (χ1) is 9.19. The molecule has 1 N–H and O–H groups in total. The van der Waals surface area contributed by atoms with Crippen LogP contribution in [0.3, 0.4) is 0 Å². The van der Waals surface area contributed by atoms with Crippen molar-refractivity contribution in [2.24, 2.45) is 5.92 Å². The molecule has 1 atom stereocenters. The van der Waals surface area contributed by atoms with Crippen molar-refractivity contribution in [1.29, 1.82) is 0 Å². The summed E-state index contributed by atoms with van der Waals surface area (Å²) < 4.78 is 1.22. The first-order valence-electron chi connectivity index (χ1n) is 6.62. The number of hydrogen-bond acceptors (Lipinski definition) is 2. The highest BCUT2D eigenvalue weighted by atomic mass is 79.9. The van der Waals surface area contributed by atoms with Gasteiger partial charge < -0.3 is 5.32 Å². The van der Waals surface area contributed by atoms with Gasteiger partial charge in [0, 0.05) is 4.88 Å². The molecule has 2 aromatic rings. The van der Waals surface area contributed by atoms with Crippen LogP contribution in [0.1, 0.15) is 16.0 Å². The van der Waals surface area contributed by atoms with Gasteiger partial charge >= 0.3 is 0 Å². The van der Waals surface area contributed by atoms with Gasteiger partial charge in [0.25, 0.3) is 0 Å². The third-order valence-electron chi connectivity index (χ3n) is 3.38. The standard InChI is InChI=1S/C16H20BrNS/c1-12-5-3-4-6-14(12)9-13(11-18-2)10-15-7-8-16(17)19-15/h3-8,13,18H,9-11H2,1-2H3. The molecule has 0 amide bonds. The minimum Gasteiger partial charge on any atom is -0.319 e. The van der Waals surface area contributed by atoms with Crippen molar-refractivity contribution in [3.05, 3.63) is 56.2 Å². The lowest BCUT2D eigenvalue weighted by atomic mass is 9.93. The maximum atomic E-state index is 3.54. The van der Waals surface area contributed by atoms with Gasteiger partial charge in [-0.15, -0.1) is 11.3 Å². The smallest absolute Gasteiger partial charge is 0.0701 e. The molecular formula is C16H20BrNS. The lowest BCUT2D eigenvalue weighted by molar-refractivity contribution is 0.495. The average Bonchev–Trinajstić information content (AvgIpc) is 2.78.